The third kappa shape index (κ3) is 4.84. The summed E-state index contributed by atoms with van der Waals surface area (Å²) in [6, 6.07) is 8.63. The lowest BCUT2D eigenvalue weighted by atomic mass is 9.56. The molecule has 0 bridgehead atoms. The van der Waals surface area contributed by atoms with Gasteiger partial charge >= 0.3 is 0 Å². The van der Waals surface area contributed by atoms with Crippen LogP contribution in [-0.4, -0.2) is 91.3 Å². The van der Waals surface area contributed by atoms with Gasteiger partial charge in [0.1, 0.15) is 27.5 Å². The number of nitrogens with zero attached hydrogens (tertiary/aromatic N) is 2. The number of fused-ring (bicyclic) bond motifs is 1. The Balaban J connectivity index is 1.34. The molecule has 3 heterocycles. The molecule has 8 nitrogen and oxygen atoms in total. The lowest BCUT2D eigenvalue weighted by molar-refractivity contribution is -0.136. The van der Waals surface area contributed by atoms with Crippen LogP contribution in [0.5, 0.6) is 5.75 Å². The normalized spacial score (nSPS) is 21.5. The van der Waals surface area contributed by atoms with E-state index in [1.165, 1.54) is 4.90 Å². The molecule has 180 valence electrons. The molecule has 0 saturated carbocycles. The Hall–Kier alpha value is -2.97. The highest BCUT2D eigenvalue weighted by atomic mass is 16.5. The van der Waals surface area contributed by atoms with Gasteiger partial charge in [0, 0.05) is 30.6 Å². The highest BCUT2D eigenvalue weighted by Crippen LogP contribution is 2.35. The zero-order chi connectivity index (χ0) is 26.3. The van der Waals surface area contributed by atoms with Crippen LogP contribution in [-0.2, 0) is 26.2 Å². The number of benzene rings is 2. The Morgan fingerprint density at radius 2 is 1.86 bits per heavy atom. The first-order chi connectivity index (χ1) is 17.7. The number of rotatable bonds is 6. The van der Waals surface area contributed by atoms with Crippen molar-refractivity contribution in [3.05, 3.63) is 58.7 Å². The molecule has 0 aromatic heterocycles. The van der Waals surface area contributed by atoms with E-state index in [4.69, 9.17) is 40.9 Å². The molecule has 2 saturated heterocycles. The second-order valence-electron chi connectivity index (χ2n) is 9.49. The number of morpholine rings is 1. The Morgan fingerprint density at radius 3 is 2.57 bits per heavy atom. The number of nitrogens with one attached hydrogen (secondary N) is 1. The monoisotopic (exact) mass is 489 g/mol. The number of piperidine rings is 1. The second kappa shape index (κ2) is 10.1. The van der Waals surface area contributed by atoms with Crippen molar-refractivity contribution in [2.45, 2.75) is 36.8 Å². The van der Waals surface area contributed by atoms with E-state index in [1.807, 2.05) is 4.90 Å². The largest absolute Gasteiger partial charge is 0.496 e. The van der Waals surface area contributed by atoms with Crippen molar-refractivity contribution in [3.63, 3.8) is 0 Å². The first kappa shape index (κ1) is 25.7. The summed E-state index contributed by atoms with van der Waals surface area (Å²) in [5, 5.41) is 1.08. The van der Waals surface area contributed by atoms with E-state index in [1.54, 1.807) is 36.4 Å². The maximum atomic E-state index is 13.1. The SMILES string of the molecule is [B]c1cc(C([B])([B])N2CCOCC2)ccc1C([B])Oc1cccc2c1CN(C1CCC(=O)NC1=O)C2=O. The number of imide groups is 1. The molecule has 0 aliphatic carbocycles. The van der Waals surface area contributed by atoms with Crippen molar-refractivity contribution in [1.29, 1.82) is 0 Å². The van der Waals surface area contributed by atoms with E-state index in [9.17, 15) is 14.4 Å². The number of carbonyl (C=O) groups is 3. The summed E-state index contributed by atoms with van der Waals surface area (Å²) in [7, 11) is 25.6. The van der Waals surface area contributed by atoms with Crippen LogP contribution in [0, 0.1) is 0 Å². The number of carbonyl (C=O) groups excluding carboxylic acids is 3. The first-order valence-electron chi connectivity index (χ1n) is 12.2. The van der Waals surface area contributed by atoms with Crippen LogP contribution < -0.4 is 15.5 Å². The molecule has 1 N–H and O–H groups in total. The van der Waals surface area contributed by atoms with Crippen molar-refractivity contribution in [3.8, 4) is 5.75 Å². The van der Waals surface area contributed by atoms with Crippen LogP contribution in [0.3, 0.4) is 0 Å². The zero-order valence-corrected chi connectivity index (χ0v) is 20.3. The quantitative estimate of drug-likeness (QED) is 0.426. The van der Waals surface area contributed by atoms with E-state index in [-0.39, 0.29) is 31.2 Å². The summed E-state index contributed by atoms with van der Waals surface area (Å²) in [5.74, 6) is -0.692. The van der Waals surface area contributed by atoms with Gasteiger partial charge in [0.2, 0.25) is 11.8 Å². The average Bonchev–Trinajstić information content (AvgIpc) is 3.21. The van der Waals surface area contributed by atoms with Gasteiger partial charge in [-0.25, -0.2) is 0 Å². The molecule has 2 aromatic rings. The van der Waals surface area contributed by atoms with Gasteiger partial charge in [0.05, 0.1) is 41.5 Å². The first-order valence-corrected chi connectivity index (χ1v) is 12.2. The zero-order valence-electron chi connectivity index (χ0n) is 20.3. The van der Waals surface area contributed by atoms with E-state index < -0.39 is 23.3 Å². The molecule has 3 amide bonds. The van der Waals surface area contributed by atoms with Gasteiger partial charge < -0.3 is 19.3 Å². The number of hydrogen-bond donors (Lipinski definition) is 1. The van der Waals surface area contributed by atoms with Crippen LogP contribution in [0.4, 0.5) is 0 Å². The minimum absolute atomic E-state index is 0.167. The van der Waals surface area contributed by atoms with Crippen LogP contribution in [0.1, 0.15) is 45.9 Å². The van der Waals surface area contributed by atoms with Crippen LogP contribution >= 0.6 is 0 Å². The highest BCUT2D eigenvalue weighted by molar-refractivity contribution is 6.40. The lowest BCUT2D eigenvalue weighted by Gasteiger charge is -2.42. The smallest absolute Gasteiger partial charge is 0.255 e. The Bertz CT molecular complexity index is 1250. The van der Waals surface area contributed by atoms with Gasteiger partial charge in [-0.05, 0) is 35.0 Å². The van der Waals surface area contributed by atoms with E-state index >= 15 is 0 Å². The van der Waals surface area contributed by atoms with Gasteiger partial charge in [0.25, 0.3) is 5.91 Å². The Kier molecular flexibility index (Phi) is 6.98. The van der Waals surface area contributed by atoms with E-state index in [0.29, 0.717) is 59.8 Å². The standard InChI is InChI=1S/C25H23B4N3O5/c26-18-12-14(25(28,29)31-8-10-36-11-9-31)4-5-16(18)22(27)37-20-3-1-2-15-17(20)13-32(24(15)35)19-6-7-21(33)30-23(19)34/h1-5,12,19,22H,6-11,13H2,(H,30,33,34). The molecule has 2 unspecified atom stereocenters. The molecule has 0 spiro atoms. The van der Waals surface area contributed by atoms with Gasteiger partial charge in [-0.1, -0.05) is 29.7 Å². The third-order valence-electron chi connectivity index (χ3n) is 7.18. The minimum atomic E-state index is -1.22. The third-order valence-corrected chi connectivity index (χ3v) is 7.18. The fourth-order valence-corrected chi connectivity index (χ4v) is 5.07. The Labute approximate surface area is 221 Å². The summed E-state index contributed by atoms with van der Waals surface area (Å²) >= 11 is 0. The van der Waals surface area contributed by atoms with Crippen molar-refractivity contribution in [2.75, 3.05) is 26.3 Å². The lowest BCUT2D eigenvalue weighted by Crippen LogP contribution is -2.52. The number of hydrogen-bond acceptors (Lipinski definition) is 6. The van der Waals surface area contributed by atoms with Crippen LogP contribution in [0.25, 0.3) is 0 Å². The van der Waals surface area contributed by atoms with Crippen molar-refractivity contribution in [2.24, 2.45) is 0 Å². The van der Waals surface area contributed by atoms with Crippen molar-refractivity contribution >= 4 is 54.6 Å². The molecule has 2 fully saturated rings. The van der Waals surface area contributed by atoms with Crippen LogP contribution in [0.15, 0.2) is 36.4 Å². The van der Waals surface area contributed by atoms with E-state index in [0.717, 1.165) is 0 Å². The molecular formula is C25H23B4N3O5. The number of ether oxygens (including phenoxy) is 2. The molecule has 12 heteroatoms. The van der Waals surface area contributed by atoms with Crippen LogP contribution in [0.2, 0.25) is 0 Å². The maximum absolute atomic E-state index is 13.1. The molecule has 8 radical (unpaired) electrons. The molecular weight excluding hydrogens is 466 g/mol. The fourth-order valence-electron chi connectivity index (χ4n) is 5.07. The minimum Gasteiger partial charge on any atom is -0.496 e. The summed E-state index contributed by atoms with van der Waals surface area (Å²) in [6.07, 6.45) is 0.454. The molecule has 3 aliphatic heterocycles. The summed E-state index contributed by atoms with van der Waals surface area (Å²) in [6.45, 7) is 2.47. The van der Waals surface area contributed by atoms with Crippen molar-refractivity contribution < 1.29 is 23.9 Å². The topological polar surface area (TPSA) is 88.2 Å². The van der Waals surface area contributed by atoms with Gasteiger partial charge in [-0.2, -0.15) is 0 Å². The second-order valence-corrected chi connectivity index (χ2v) is 9.49. The summed E-state index contributed by atoms with van der Waals surface area (Å²) < 4.78 is 11.5. The number of amides is 3. The van der Waals surface area contributed by atoms with Gasteiger partial charge in [-0.3, -0.25) is 19.7 Å². The molecule has 3 aliphatic rings. The van der Waals surface area contributed by atoms with Crippen molar-refractivity contribution in [1.82, 2.24) is 15.1 Å². The Morgan fingerprint density at radius 1 is 1.11 bits per heavy atom. The summed E-state index contributed by atoms with van der Waals surface area (Å²) in [4.78, 5) is 40.3. The molecule has 37 heavy (non-hydrogen) atoms. The average molecular weight is 489 g/mol. The molecule has 5 rings (SSSR count). The fraction of sp³-hybridized carbons (Fsp3) is 0.400. The van der Waals surface area contributed by atoms with Gasteiger partial charge in [-0.15, -0.1) is 0 Å². The van der Waals surface area contributed by atoms with E-state index in [2.05, 4.69) is 5.32 Å². The maximum Gasteiger partial charge on any atom is 0.255 e. The highest BCUT2D eigenvalue weighted by Gasteiger charge is 2.40. The molecule has 2 atom stereocenters. The summed E-state index contributed by atoms with van der Waals surface area (Å²) in [5.41, 5.74) is 2.59. The van der Waals surface area contributed by atoms with Gasteiger partial charge in [0.15, 0.2) is 0 Å². The predicted molar refractivity (Wildman–Crippen MR) is 139 cm³/mol. The molecule has 2 aromatic carbocycles. The predicted octanol–water partition coefficient (Wildman–Crippen LogP) is -0.733.